The van der Waals surface area contributed by atoms with Crippen LogP contribution in [0.5, 0.6) is 0 Å². The van der Waals surface area contributed by atoms with E-state index in [1.165, 1.54) is 0 Å². The maximum atomic E-state index is 7.79. The number of benzene rings is 3. The fraction of sp³-hybridized carbons (Fsp3) is 0. The maximum Gasteiger partial charge on any atom is 0.151 e. The summed E-state index contributed by atoms with van der Waals surface area (Å²) in [5, 5.41) is 10.0. The average molecular weight is 298 g/mol. The van der Waals surface area contributed by atoms with Gasteiger partial charge in [-0.15, -0.1) is 0 Å². The summed E-state index contributed by atoms with van der Waals surface area (Å²) < 4.78 is 5.94. The van der Waals surface area contributed by atoms with Crippen molar-refractivity contribution in [2.75, 3.05) is 0 Å². The van der Waals surface area contributed by atoms with Crippen LogP contribution in [0.2, 0.25) is 0 Å². The number of para-hydroxylation sites is 1. The zero-order valence-corrected chi connectivity index (χ0v) is 12.4. The van der Waals surface area contributed by atoms with Gasteiger partial charge in [-0.3, -0.25) is 5.41 Å². The molecule has 0 aliphatic heterocycles. The first-order chi connectivity index (χ1) is 11.3. The number of hydrogen-bond donors (Lipinski definition) is 1. The summed E-state index contributed by atoms with van der Waals surface area (Å²) in [4.78, 5) is 3.69. The van der Waals surface area contributed by atoms with Gasteiger partial charge in [-0.25, -0.2) is 4.99 Å². The Balaban J connectivity index is 1.87. The highest BCUT2D eigenvalue weighted by atomic mass is 16.3. The van der Waals surface area contributed by atoms with Gasteiger partial charge in [0.25, 0.3) is 0 Å². The van der Waals surface area contributed by atoms with Gasteiger partial charge in [0, 0.05) is 16.3 Å². The van der Waals surface area contributed by atoms with Gasteiger partial charge in [0.15, 0.2) is 5.84 Å². The van der Waals surface area contributed by atoms with Crippen molar-refractivity contribution in [2.24, 2.45) is 4.99 Å². The highest BCUT2D eigenvalue weighted by Crippen LogP contribution is 2.32. The number of rotatable bonds is 2. The van der Waals surface area contributed by atoms with Crippen LogP contribution in [0.4, 0.5) is 0 Å². The summed E-state index contributed by atoms with van der Waals surface area (Å²) in [6, 6.07) is 22.0. The minimum atomic E-state index is 0.177. The molecule has 0 saturated heterocycles. The van der Waals surface area contributed by atoms with E-state index in [0.29, 0.717) is 0 Å². The van der Waals surface area contributed by atoms with Gasteiger partial charge in [0.1, 0.15) is 11.2 Å². The van der Waals surface area contributed by atoms with Crippen LogP contribution < -0.4 is 0 Å². The predicted octanol–water partition coefficient (Wildman–Crippen LogP) is 5.28. The molecule has 0 aliphatic carbocycles. The average Bonchev–Trinajstić information content (AvgIpc) is 2.99. The van der Waals surface area contributed by atoms with Crippen LogP contribution in [0, 0.1) is 5.41 Å². The number of furan rings is 1. The third-order valence-electron chi connectivity index (χ3n) is 4.01. The van der Waals surface area contributed by atoms with Crippen LogP contribution in [0.1, 0.15) is 5.56 Å². The lowest BCUT2D eigenvalue weighted by atomic mass is 10.0. The molecule has 110 valence electrons. The van der Waals surface area contributed by atoms with E-state index in [1.54, 1.807) is 0 Å². The molecule has 0 atom stereocenters. The molecule has 0 unspecified atom stereocenters. The van der Waals surface area contributed by atoms with Crippen molar-refractivity contribution in [3.8, 4) is 11.1 Å². The van der Waals surface area contributed by atoms with E-state index >= 15 is 0 Å². The van der Waals surface area contributed by atoms with E-state index in [0.717, 1.165) is 38.6 Å². The largest absolute Gasteiger partial charge is 0.456 e. The van der Waals surface area contributed by atoms with E-state index in [-0.39, 0.29) is 5.84 Å². The van der Waals surface area contributed by atoms with Crippen molar-refractivity contribution in [3.05, 3.63) is 72.3 Å². The Morgan fingerprint density at radius 1 is 0.826 bits per heavy atom. The first kappa shape index (κ1) is 13.5. The zero-order valence-electron chi connectivity index (χ0n) is 12.4. The molecule has 0 amide bonds. The molecular formula is C20H14N2O. The minimum Gasteiger partial charge on any atom is -0.456 e. The topological polar surface area (TPSA) is 49.4 Å². The lowest BCUT2D eigenvalue weighted by molar-refractivity contribution is 0.669. The normalized spacial score (nSPS) is 11.0. The molecule has 4 rings (SSSR count). The fourth-order valence-corrected chi connectivity index (χ4v) is 2.84. The number of nitrogens with one attached hydrogen (secondary N) is 1. The van der Waals surface area contributed by atoms with Crippen LogP contribution in [-0.2, 0) is 0 Å². The summed E-state index contributed by atoms with van der Waals surface area (Å²) in [6.07, 6.45) is 0. The van der Waals surface area contributed by atoms with E-state index in [4.69, 9.17) is 9.83 Å². The SMILES string of the molecule is C=NC(=N)c1cccc(-c2ccc3c(c2)oc2ccccc23)c1. The summed E-state index contributed by atoms with van der Waals surface area (Å²) in [5.74, 6) is 0.177. The summed E-state index contributed by atoms with van der Waals surface area (Å²) >= 11 is 0. The van der Waals surface area contributed by atoms with Crippen LogP contribution in [-0.4, -0.2) is 12.6 Å². The number of amidine groups is 1. The Morgan fingerprint density at radius 3 is 2.48 bits per heavy atom. The third-order valence-corrected chi connectivity index (χ3v) is 4.01. The third kappa shape index (κ3) is 2.23. The van der Waals surface area contributed by atoms with E-state index in [1.807, 2.05) is 48.5 Å². The standard InChI is InChI=1S/C20H14N2O/c1-22-20(21)15-6-4-5-13(11-15)14-9-10-17-16-7-2-3-8-18(16)23-19(17)12-14/h2-12,21H,1H2. The molecule has 1 aromatic heterocycles. The molecule has 0 bridgehead atoms. The number of hydrogen-bond acceptors (Lipinski definition) is 2. The Labute approximate surface area is 133 Å². The quantitative estimate of drug-likeness (QED) is 0.397. The molecule has 4 aromatic rings. The van der Waals surface area contributed by atoms with Gasteiger partial charge in [0.2, 0.25) is 0 Å². The first-order valence-corrected chi connectivity index (χ1v) is 7.33. The zero-order chi connectivity index (χ0) is 15.8. The maximum absolute atomic E-state index is 7.79. The van der Waals surface area contributed by atoms with Gasteiger partial charge in [-0.05, 0) is 42.1 Å². The molecule has 3 heteroatoms. The van der Waals surface area contributed by atoms with Crippen LogP contribution in [0.15, 0.2) is 76.1 Å². The lowest BCUT2D eigenvalue weighted by Crippen LogP contribution is -1.93. The molecule has 23 heavy (non-hydrogen) atoms. The predicted molar refractivity (Wildman–Crippen MR) is 95.5 cm³/mol. The van der Waals surface area contributed by atoms with Crippen molar-refractivity contribution >= 4 is 34.5 Å². The van der Waals surface area contributed by atoms with Crippen molar-refractivity contribution in [1.82, 2.24) is 0 Å². The van der Waals surface area contributed by atoms with Crippen LogP contribution >= 0.6 is 0 Å². The lowest BCUT2D eigenvalue weighted by Gasteiger charge is -2.04. The van der Waals surface area contributed by atoms with E-state index in [9.17, 15) is 0 Å². The van der Waals surface area contributed by atoms with Crippen molar-refractivity contribution in [1.29, 1.82) is 5.41 Å². The Hall–Kier alpha value is -3.20. The molecule has 0 aliphatic rings. The monoisotopic (exact) mass is 298 g/mol. The van der Waals surface area contributed by atoms with Crippen molar-refractivity contribution < 1.29 is 4.42 Å². The summed E-state index contributed by atoms with van der Waals surface area (Å²) in [7, 11) is 0. The smallest absolute Gasteiger partial charge is 0.151 e. The molecule has 0 radical (unpaired) electrons. The Bertz CT molecular complexity index is 1060. The van der Waals surface area contributed by atoms with Crippen molar-refractivity contribution in [2.45, 2.75) is 0 Å². The molecule has 0 saturated carbocycles. The summed E-state index contributed by atoms with van der Waals surface area (Å²) in [6.45, 7) is 3.42. The molecule has 1 heterocycles. The Morgan fingerprint density at radius 2 is 1.61 bits per heavy atom. The molecule has 1 N–H and O–H groups in total. The second-order valence-corrected chi connectivity index (χ2v) is 5.40. The Kier molecular flexibility index (Phi) is 3.05. The van der Waals surface area contributed by atoms with Gasteiger partial charge in [-0.2, -0.15) is 0 Å². The molecule has 0 spiro atoms. The highest BCUT2D eigenvalue weighted by Gasteiger charge is 2.08. The molecule has 3 nitrogen and oxygen atoms in total. The molecular weight excluding hydrogens is 284 g/mol. The number of nitrogens with zero attached hydrogens (tertiary/aromatic N) is 1. The second-order valence-electron chi connectivity index (χ2n) is 5.40. The first-order valence-electron chi connectivity index (χ1n) is 7.33. The van der Waals surface area contributed by atoms with Gasteiger partial charge < -0.3 is 4.42 Å². The molecule has 0 fully saturated rings. The number of fused-ring (bicyclic) bond motifs is 3. The minimum absolute atomic E-state index is 0.177. The van der Waals surface area contributed by atoms with E-state index in [2.05, 4.69) is 29.9 Å². The highest BCUT2D eigenvalue weighted by molar-refractivity contribution is 6.06. The van der Waals surface area contributed by atoms with E-state index < -0.39 is 0 Å². The number of aliphatic imine (C=N–C) groups is 1. The fourth-order valence-electron chi connectivity index (χ4n) is 2.84. The second kappa shape index (κ2) is 5.21. The van der Waals surface area contributed by atoms with Gasteiger partial charge in [0.05, 0.1) is 0 Å². The van der Waals surface area contributed by atoms with Crippen LogP contribution in [0.3, 0.4) is 0 Å². The van der Waals surface area contributed by atoms with Crippen LogP contribution in [0.25, 0.3) is 33.1 Å². The summed E-state index contributed by atoms with van der Waals surface area (Å²) in [5.41, 5.74) is 4.59. The van der Waals surface area contributed by atoms with Gasteiger partial charge >= 0.3 is 0 Å². The van der Waals surface area contributed by atoms with Crippen molar-refractivity contribution in [3.63, 3.8) is 0 Å². The van der Waals surface area contributed by atoms with Gasteiger partial charge in [-0.1, -0.05) is 42.5 Å². The molecule has 3 aromatic carbocycles.